The maximum atomic E-state index is 5.79. The van der Waals surface area contributed by atoms with Crippen LogP contribution in [0.3, 0.4) is 0 Å². The number of rotatable bonds is 5. The molecule has 0 saturated heterocycles. The normalized spacial score (nSPS) is 12.7. The van der Waals surface area contributed by atoms with Gasteiger partial charge in [-0.3, -0.25) is 0 Å². The van der Waals surface area contributed by atoms with Crippen molar-refractivity contribution in [1.29, 1.82) is 0 Å². The van der Waals surface area contributed by atoms with Crippen LogP contribution >= 0.6 is 0 Å². The maximum absolute atomic E-state index is 5.79. The van der Waals surface area contributed by atoms with E-state index in [1.807, 2.05) is 18.2 Å². The van der Waals surface area contributed by atoms with Crippen molar-refractivity contribution < 1.29 is 23.7 Å². The summed E-state index contributed by atoms with van der Waals surface area (Å²) in [5.74, 6) is 2.70. The van der Waals surface area contributed by atoms with Crippen molar-refractivity contribution in [3.05, 3.63) is 47.5 Å². The highest BCUT2D eigenvalue weighted by molar-refractivity contribution is 6.05. The molecule has 3 aromatic carbocycles. The minimum absolute atomic E-state index is 0.574. The zero-order chi connectivity index (χ0) is 19.0. The molecule has 1 aliphatic rings. The molecule has 0 bridgehead atoms. The van der Waals surface area contributed by atoms with E-state index in [2.05, 4.69) is 18.2 Å². The van der Waals surface area contributed by atoms with E-state index in [4.69, 9.17) is 23.7 Å². The Morgan fingerprint density at radius 2 is 1.52 bits per heavy atom. The molecule has 1 aliphatic heterocycles. The summed E-state index contributed by atoms with van der Waals surface area (Å²) in [6.45, 7) is 1.18. The summed E-state index contributed by atoms with van der Waals surface area (Å²) in [5.41, 5.74) is 4.54. The molecule has 5 heteroatoms. The van der Waals surface area contributed by atoms with Crippen LogP contribution in [0.2, 0.25) is 0 Å². The van der Waals surface area contributed by atoms with Gasteiger partial charge in [0, 0.05) is 5.39 Å². The van der Waals surface area contributed by atoms with Crippen LogP contribution in [-0.4, -0.2) is 28.4 Å². The van der Waals surface area contributed by atoms with Gasteiger partial charge in [0.15, 0.2) is 11.5 Å². The summed E-state index contributed by atoms with van der Waals surface area (Å²) >= 11 is 0. The molecule has 3 aromatic rings. The van der Waals surface area contributed by atoms with Crippen LogP contribution in [0.5, 0.6) is 23.0 Å². The minimum Gasteiger partial charge on any atom is -0.497 e. The molecule has 0 unspecified atom stereocenters. The van der Waals surface area contributed by atoms with Crippen LogP contribution in [0.25, 0.3) is 21.9 Å². The largest absolute Gasteiger partial charge is 0.497 e. The van der Waals surface area contributed by atoms with E-state index in [0.29, 0.717) is 30.5 Å². The number of methoxy groups -OCH3 is 4. The van der Waals surface area contributed by atoms with E-state index in [1.54, 1.807) is 28.4 Å². The fourth-order valence-electron chi connectivity index (χ4n) is 3.77. The van der Waals surface area contributed by atoms with Gasteiger partial charge in [0.25, 0.3) is 0 Å². The Bertz CT molecular complexity index is 992. The lowest BCUT2D eigenvalue weighted by molar-refractivity contribution is 0.134. The number of hydrogen-bond acceptors (Lipinski definition) is 5. The van der Waals surface area contributed by atoms with Crippen molar-refractivity contribution in [1.82, 2.24) is 0 Å². The molecule has 0 aromatic heterocycles. The standard InChI is InChI=1S/C22H22O5/c1-23-16-7-5-13(6-8-16)19-17-12-27-11-15(17)9-14-10-18(24-2)21(25-3)22(26-4)20(14)19/h5-10H,11-12H2,1-4H3. The quantitative estimate of drug-likeness (QED) is 0.662. The molecule has 0 radical (unpaired) electrons. The van der Waals surface area contributed by atoms with Crippen LogP contribution in [0.15, 0.2) is 36.4 Å². The smallest absolute Gasteiger partial charge is 0.203 e. The summed E-state index contributed by atoms with van der Waals surface area (Å²) in [6.07, 6.45) is 0. The topological polar surface area (TPSA) is 46.2 Å². The highest BCUT2D eigenvalue weighted by Gasteiger charge is 2.25. The van der Waals surface area contributed by atoms with Crippen molar-refractivity contribution in [2.45, 2.75) is 13.2 Å². The van der Waals surface area contributed by atoms with E-state index in [0.717, 1.165) is 27.6 Å². The van der Waals surface area contributed by atoms with Crippen LogP contribution in [0, 0.1) is 0 Å². The molecule has 0 amide bonds. The lowest BCUT2D eigenvalue weighted by Crippen LogP contribution is -1.99. The van der Waals surface area contributed by atoms with Gasteiger partial charge in [-0.05, 0) is 51.9 Å². The van der Waals surface area contributed by atoms with Gasteiger partial charge in [0.2, 0.25) is 5.75 Å². The van der Waals surface area contributed by atoms with Gasteiger partial charge < -0.3 is 23.7 Å². The predicted molar refractivity (Wildman–Crippen MR) is 104 cm³/mol. The van der Waals surface area contributed by atoms with Crippen molar-refractivity contribution in [3.63, 3.8) is 0 Å². The molecule has 1 heterocycles. The van der Waals surface area contributed by atoms with Gasteiger partial charge in [-0.25, -0.2) is 0 Å². The third-order valence-corrected chi connectivity index (χ3v) is 5.01. The van der Waals surface area contributed by atoms with Crippen LogP contribution in [0.4, 0.5) is 0 Å². The monoisotopic (exact) mass is 366 g/mol. The second-order valence-corrected chi connectivity index (χ2v) is 6.35. The zero-order valence-electron chi connectivity index (χ0n) is 15.9. The zero-order valence-corrected chi connectivity index (χ0v) is 15.9. The number of ether oxygens (including phenoxy) is 5. The number of benzene rings is 3. The van der Waals surface area contributed by atoms with Crippen molar-refractivity contribution in [2.75, 3.05) is 28.4 Å². The average molecular weight is 366 g/mol. The summed E-state index contributed by atoms with van der Waals surface area (Å²) in [7, 11) is 6.57. The first kappa shape index (κ1) is 17.5. The van der Waals surface area contributed by atoms with Crippen LogP contribution in [-0.2, 0) is 18.0 Å². The third-order valence-electron chi connectivity index (χ3n) is 5.01. The Labute approximate surface area is 158 Å². The minimum atomic E-state index is 0.574. The summed E-state index contributed by atoms with van der Waals surface area (Å²) in [6, 6.07) is 12.2. The summed E-state index contributed by atoms with van der Waals surface area (Å²) in [4.78, 5) is 0. The Morgan fingerprint density at radius 1 is 0.778 bits per heavy atom. The molecule has 0 saturated carbocycles. The van der Waals surface area contributed by atoms with Gasteiger partial charge >= 0.3 is 0 Å². The molecule has 0 aliphatic carbocycles. The number of hydrogen-bond donors (Lipinski definition) is 0. The van der Waals surface area contributed by atoms with Crippen molar-refractivity contribution in [3.8, 4) is 34.1 Å². The Balaban J connectivity index is 2.11. The average Bonchev–Trinajstić information content (AvgIpc) is 3.18. The number of fused-ring (bicyclic) bond motifs is 2. The fourth-order valence-corrected chi connectivity index (χ4v) is 3.77. The Kier molecular flexibility index (Phi) is 4.54. The molecule has 0 atom stereocenters. The second kappa shape index (κ2) is 7.00. The molecular weight excluding hydrogens is 344 g/mol. The predicted octanol–water partition coefficient (Wildman–Crippen LogP) is 4.57. The van der Waals surface area contributed by atoms with E-state index in [-0.39, 0.29) is 0 Å². The van der Waals surface area contributed by atoms with Gasteiger partial charge in [-0.1, -0.05) is 12.1 Å². The first-order chi connectivity index (χ1) is 13.2. The van der Waals surface area contributed by atoms with E-state index in [9.17, 15) is 0 Å². The SMILES string of the molecule is COc1ccc(-c2c3c(cc4cc(OC)c(OC)c(OC)c24)COC3)cc1. The second-order valence-electron chi connectivity index (χ2n) is 6.35. The Morgan fingerprint density at radius 3 is 2.15 bits per heavy atom. The summed E-state index contributed by atoms with van der Waals surface area (Å²) < 4.78 is 28.0. The molecule has 0 spiro atoms. The first-order valence-corrected chi connectivity index (χ1v) is 8.71. The summed E-state index contributed by atoms with van der Waals surface area (Å²) in [5, 5.41) is 2.02. The van der Waals surface area contributed by atoms with Gasteiger partial charge in [0.1, 0.15) is 5.75 Å². The van der Waals surface area contributed by atoms with Crippen molar-refractivity contribution >= 4 is 10.8 Å². The van der Waals surface area contributed by atoms with Gasteiger partial charge in [-0.2, -0.15) is 0 Å². The van der Waals surface area contributed by atoms with E-state index >= 15 is 0 Å². The highest BCUT2D eigenvalue weighted by Crippen LogP contribution is 2.49. The maximum Gasteiger partial charge on any atom is 0.203 e. The lowest BCUT2D eigenvalue weighted by atomic mass is 9.90. The van der Waals surface area contributed by atoms with Crippen LogP contribution < -0.4 is 18.9 Å². The molecule has 4 rings (SSSR count). The van der Waals surface area contributed by atoms with Gasteiger partial charge in [-0.15, -0.1) is 0 Å². The fraction of sp³-hybridized carbons (Fsp3) is 0.273. The van der Waals surface area contributed by atoms with E-state index in [1.165, 1.54) is 11.1 Å². The van der Waals surface area contributed by atoms with Gasteiger partial charge in [0.05, 0.1) is 41.7 Å². The molecule has 0 N–H and O–H groups in total. The van der Waals surface area contributed by atoms with Crippen molar-refractivity contribution in [2.24, 2.45) is 0 Å². The van der Waals surface area contributed by atoms with E-state index < -0.39 is 0 Å². The highest BCUT2D eigenvalue weighted by atomic mass is 16.5. The molecule has 27 heavy (non-hydrogen) atoms. The lowest BCUT2D eigenvalue weighted by Gasteiger charge is -2.19. The molecule has 0 fully saturated rings. The first-order valence-electron chi connectivity index (χ1n) is 8.71. The molecule has 5 nitrogen and oxygen atoms in total. The molecule has 140 valence electrons. The molecular formula is C22H22O5. The Hall–Kier alpha value is -2.92. The van der Waals surface area contributed by atoms with Crippen LogP contribution in [0.1, 0.15) is 11.1 Å². The third kappa shape index (κ3) is 2.75.